The SMILES string of the molecule is CC(C)(C)OC(=O)n1c(-c2ccccc2)c(Br)c2cc(CBr)cc([N+](=O)[O-])c21. The van der Waals surface area contributed by atoms with Crippen LogP contribution in [0.25, 0.3) is 22.2 Å². The Balaban J connectivity index is 2.45. The fourth-order valence-electron chi connectivity index (χ4n) is 2.98. The minimum atomic E-state index is -0.751. The number of aromatic nitrogens is 1. The summed E-state index contributed by atoms with van der Waals surface area (Å²) in [6.07, 6.45) is -0.670. The number of ether oxygens (including phenoxy) is 1. The molecule has 0 bridgehead atoms. The van der Waals surface area contributed by atoms with Gasteiger partial charge in [0, 0.05) is 16.8 Å². The van der Waals surface area contributed by atoms with E-state index in [-0.39, 0.29) is 11.2 Å². The van der Waals surface area contributed by atoms with Crippen LogP contribution in [0.4, 0.5) is 10.5 Å². The molecule has 0 saturated heterocycles. The summed E-state index contributed by atoms with van der Waals surface area (Å²) in [5, 5.41) is 12.8. The van der Waals surface area contributed by atoms with Gasteiger partial charge < -0.3 is 4.74 Å². The number of nitro groups is 1. The number of carbonyl (C=O) groups is 1. The number of fused-ring (bicyclic) bond motifs is 1. The summed E-state index contributed by atoms with van der Waals surface area (Å²) in [4.78, 5) is 24.4. The van der Waals surface area contributed by atoms with Gasteiger partial charge in [-0.25, -0.2) is 9.36 Å². The van der Waals surface area contributed by atoms with Crippen molar-refractivity contribution in [3.8, 4) is 11.3 Å². The lowest BCUT2D eigenvalue weighted by molar-refractivity contribution is -0.383. The van der Waals surface area contributed by atoms with E-state index in [0.717, 1.165) is 11.1 Å². The number of alkyl halides is 1. The number of non-ortho nitro benzene ring substituents is 1. The van der Waals surface area contributed by atoms with Crippen LogP contribution >= 0.6 is 31.9 Å². The standard InChI is InChI=1S/C20H18Br2N2O4/c1-20(2,3)28-19(25)23-17(13-7-5-4-6-8-13)16(22)14-9-12(11-21)10-15(18(14)23)24(26)27/h4-10H,11H2,1-3H3. The van der Waals surface area contributed by atoms with Crippen LogP contribution in [0.2, 0.25) is 0 Å². The van der Waals surface area contributed by atoms with E-state index in [1.807, 2.05) is 36.4 Å². The summed E-state index contributed by atoms with van der Waals surface area (Å²) in [6, 6.07) is 12.5. The van der Waals surface area contributed by atoms with Crippen LogP contribution in [-0.2, 0) is 10.1 Å². The van der Waals surface area contributed by atoms with Crippen LogP contribution in [0.15, 0.2) is 46.9 Å². The minimum Gasteiger partial charge on any atom is -0.443 e. The molecule has 0 spiro atoms. The van der Waals surface area contributed by atoms with Gasteiger partial charge in [-0.2, -0.15) is 0 Å². The largest absolute Gasteiger partial charge is 0.443 e. The van der Waals surface area contributed by atoms with Crippen LogP contribution < -0.4 is 0 Å². The lowest BCUT2D eigenvalue weighted by atomic mass is 10.1. The zero-order valence-corrected chi connectivity index (χ0v) is 18.7. The maximum atomic E-state index is 13.1. The van der Waals surface area contributed by atoms with Crippen molar-refractivity contribution < 1.29 is 14.5 Å². The van der Waals surface area contributed by atoms with E-state index in [1.54, 1.807) is 20.8 Å². The van der Waals surface area contributed by atoms with Crippen molar-refractivity contribution >= 4 is 54.5 Å². The van der Waals surface area contributed by atoms with Crippen molar-refractivity contribution in [2.45, 2.75) is 31.7 Å². The second-order valence-corrected chi connectivity index (χ2v) is 8.60. The maximum absolute atomic E-state index is 13.1. The van der Waals surface area contributed by atoms with E-state index in [2.05, 4.69) is 31.9 Å². The third kappa shape index (κ3) is 3.84. The van der Waals surface area contributed by atoms with Crippen LogP contribution in [0.3, 0.4) is 0 Å². The van der Waals surface area contributed by atoms with Gasteiger partial charge in [-0.15, -0.1) is 0 Å². The average molecular weight is 510 g/mol. The van der Waals surface area contributed by atoms with Crippen molar-refractivity contribution in [3.05, 3.63) is 62.6 Å². The zero-order chi connectivity index (χ0) is 20.6. The van der Waals surface area contributed by atoms with Gasteiger partial charge in [0.05, 0.1) is 15.1 Å². The van der Waals surface area contributed by atoms with Gasteiger partial charge >= 0.3 is 6.09 Å². The summed E-state index contributed by atoms with van der Waals surface area (Å²) < 4.78 is 7.46. The normalized spacial score (nSPS) is 11.6. The Morgan fingerprint density at radius 2 is 1.86 bits per heavy atom. The third-order valence-corrected chi connectivity index (χ3v) is 5.47. The molecular formula is C20H18Br2N2O4. The van der Waals surface area contributed by atoms with Gasteiger partial charge in [0.1, 0.15) is 11.1 Å². The van der Waals surface area contributed by atoms with E-state index >= 15 is 0 Å². The Labute approximate surface area is 178 Å². The first-order valence-electron chi connectivity index (χ1n) is 8.50. The van der Waals surface area contributed by atoms with Gasteiger partial charge in [-0.3, -0.25) is 10.1 Å². The van der Waals surface area contributed by atoms with Gasteiger partial charge in [-0.1, -0.05) is 46.3 Å². The molecule has 146 valence electrons. The number of hydrogen-bond donors (Lipinski definition) is 0. The van der Waals surface area contributed by atoms with Crippen LogP contribution in [0.5, 0.6) is 0 Å². The molecule has 0 N–H and O–H groups in total. The minimum absolute atomic E-state index is 0.152. The summed E-state index contributed by atoms with van der Waals surface area (Å²) in [7, 11) is 0. The van der Waals surface area contributed by atoms with Gasteiger partial charge in [0.15, 0.2) is 0 Å². The Hall–Kier alpha value is -2.19. The monoisotopic (exact) mass is 508 g/mol. The van der Waals surface area contributed by atoms with Crippen molar-refractivity contribution in [1.82, 2.24) is 4.57 Å². The summed E-state index contributed by atoms with van der Waals surface area (Å²) >= 11 is 6.92. The molecule has 0 atom stereocenters. The molecule has 1 aromatic heterocycles. The summed E-state index contributed by atoms with van der Waals surface area (Å²) in [5.74, 6) is 0. The molecule has 28 heavy (non-hydrogen) atoms. The Morgan fingerprint density at radius 3 is 2.39 bits per heavy atom. The topological polar surface area (TPSA) is 74.4 Å². The second-order valence-electron chi connectivity index (χ2n) is 7.25. The van der Waals surface area contributed by atoms with Crippen LogP contribution in [0.1, 0.15) is 26.3 Å². The van der Waals surface area contributed by atoms with E-state index in [0.29, 0.717) is 20.9 Å². The smallest absolute Gasteiger partial charge is 0.419 e. The average Bonchev–Trinajstić information content (AvgIpc) is 2.93. The predicted octanol–water partition coefficient (Wildman–Crippen LogP) is 6.66. The first kappa shape index (κ1) is 20.5. The molecule has 0 aliphatic rings. The van der Waals surface area contributed by atoms with E-state index in [1.165, 1.54) is 10.6 Å². The molecule has 0 amide bonds. The van der Waals surface area contributed by atoms with Crippen molar-refractivity contribution in [2.75, 3.05) is 0 Å². The molecule has 1 heterocycles. The number of nitro benzene ring substituents is 1. The number of carbonyl (C=O) groups excluding carboxylic acids is 1. The summed E-state index contributed by atoms with van der Waals surface area (Å²) in [6.45, 7) is 5.27. The van der Waals surface area contributed by atoms with Crippen LogP contribution in [0, 0.1) is 10.1 Å². The van der Waals surface area contributed by atoms with E-state index in [4.69, 9.17) is 4.74 Å². The predicted molar refractivity (Wildman–Crippen MR) is 116 cm³/mol. The van der Waals surface area contributed by atoms with Gasteiger partial charge in [0.25, 0.3) is 5.69 Å². The second kappa shape index (κ2) is 7.67. The molecule has 0 unspecified atom stereocenters. The Bertz CT molecular complexity index is 1070. The first-order valence-corrected chi connectivity index (χ1v) is 10.4. The Kier molecular flexibility index (Phi) is 5.63. The quantitative estimate of drug-likeness (QED) is 0.225. The van der Waals surface area contributed by atoms with Gasteiger partial charge in [0.2, 0.25) is 0 Å². The lowest BCUT2D eigenvalue weighted by Crippen LogP contribution is -2.27. The first-order chi connectivity index (χ1) is 13.1. The number of benzene rings is 2. The number of rotatable bonds is 3. The summed E-state index contributed by atoms with van der Waals surface area (Å²) in [5.41, 5.74) is 1.29. The molecule has 0 aliphatic heterocycles. The Morgan fingerprint density at radius 1 is 1.21 bits per heavy atom. The molecule has 0 fully saturated rings. The highest BCUT2D eigenvalue weighted by Gasteiger charge is 2.30. The lowest BCUT2D eigenvalue weighted by Gasteiger charge is -2.21. The highest BCUT2D eigenvalue weighted by molar-refractivity contribution is 9.10. The highest BCUT2D eigenvalue weighted by atomic mass is 79.9. The van der Waals surface area contributed by atoms with Crippen molar-refractivity contribution in [2.24, 2.45) is 0 Å². The molecule has 0 aliphatic carbocycles. The molecule has 6 nitrogen and oxygen atoms in total. The van der Waals surface area contributed by atoms with E-state index in [9.17, 15) is 14.9 Å². The molecule has 0 saturated carbocycles. The highest BCUT2D eigenvalue weighted by Crippen LogP contribution is 2.42. The van der Waals surface area contributed by atoms with Crippen LogP contribution in [-0.4, -0.2) is 21.2 Å². The fraction of sp³-hybridized carbons (Fsp3) is 0.250. The molecular weight excluding hydrogens is 492 g/mol. The van der Waals surface area contributed by atoms with Crippen molar-refractivity contribution in [1.29, 1.82) is 0 Å². The number of hydrogen-bond acceptors (Lipinski definition) is 4. The number of halogens is 2. The maximum Gasteiger partial charge on any atom is 0.419 e. The molecule has 3 aromatic rings. The molecule has 8 heteroatoms. The fourth-order valence-corrected chi connectivity index (χ4v) is 4.01. The zero-order valence-electron chi connectivity index (χ0n) is 15.5. The third-order valence-electron chi connectivity index (χ3n) is 4.02. The van der Waals surface area contributed by atoms with Crippen molar-refractivity contribution in [3.63, 3.8) is 0 Å². The van der Waals surface area contributed by atoms with E-state index < -0.39 is 16.6 Å². The molecule has 2 aromatic carbocycles. The number of nitrogens with zero attached hydrogens (tertiary/aromatic N) is 2. The molecule has 3 rings (SSSR count). The van der Waals surface area contributed by atoms with Gasteiger partial charge in [-0.05, 0) is 53.9 Å². The molecule has 0 radical (unpaired) electrons.